The maximum absolute atomic E-state index is 12.5. The van der Waals surface area contributed by atoms with E-state index in [1.807, 2.05) is 42.5 Å². The Labute approximate surface area is 134 Å². The Kier molecular flexibility index (Phi) is 4.14. The molecule has 1 aliphatic heterocycles. The van der Waals surface area contributed by atoms with E-state index in [1.54, 1.807) is 26.2 Å². The lowest BCUT2D eigenvalue weighted by molar-refractivity contribution is -0.117. The fraction of sp³-hybridized carbons (Fsp3) is 0.176. The average molecular weight is 308 g/mol. The van der Waals surface area contributed by atoms with Gasteiger partial charge in [-0.25, -0.2) is 0 Å². The summed E-state index contributed by atoms with van der Waals surface area (Å²) in [5, 5.41) is 14.0. The lowest BCUT2D eigenvalue weighted by Gasteiger charge is -2.11. The first-order valence-electron chi connectivity index (χ1n) is 7.18. The van der Waals surface area contributed by atoms with Gasteiger partial charge in [-0.15, -0.1) is 0 Å². The number of hydrogen-bond donors (Lipinski definition) is 0. The lowest BCUT2D eigenvalue weighted by Crippen LogP contribution is -2.29. The fourth-order valence-corrected chi connectivity index (χ4v) is 2.28. The summed E-state index contributed by atoms with van der Waals surface area (Å²) in [6, 6.07) is 15.8. The standard InChI is InChI=1S/C17H16N4O2/c1-12-16(19-18-14-10-6-7-11-15(14)23-2)17(22)21(20-12)13-8-4-3-5-9-13/h3-11,16H,1-2H3/t16-/m1/s1. The van der Waals surface area contributed by atoms with Crippen molar-refractivity contribution >= 4 is 23.0 Å². The van der Waals surface area contributed by atoms with Crippen molar-refractivity contribution in [3.8, 4) is 5.75 Å². The number of anilines is 1. The molecule has 0 aromatic heterocycles. The minimum absolute atomic E-state index is 0.215. The highest BCUT2D eigenvalue weighted by molar-refractivity contribution is 6.18. The number of carbonyl (C=O) groups excluding carboxylic acids is 1. The normalized spacial score (nSPS) is 17.7. The molecule has 1 aliphatic rings. The van der Waals surface area contributed by atoms with Crippen LogP contribution in [-0.4, -0.2) is 24.8 Å². The van der Waals surface area contributed by atoms with Gasteiger partial charge in [-0.1, -0.05) is 30.3 Å². The molecule has 1 heterocycles. The first-order chi connectivity index (χ1) is 11.2. The summed E-state index contributed by atoms with van der Waals surface area (Å²) in [6.07, 6.45) is 0. The molecule has 23 heavy (non-hydrogen) atoms. The molecule has 3 rings (SSSR count). The predicted molar refractivity (Wildman–Crippen MR) is 88.3 cm³/mol. The smallest absolute Gasteiger partial charge is 0.280 e. The molecule has 116 valence electrons. The van der Waals surface area contributed by atoms with Gasteiger partial charge in [0, 0.05) is 0 Å². The van der Waals surface area contributed by atoms with Crippen LogP contribution in [0.2, 0.25) is 0 Å². The van der Waals surface area contributed by atoms with Crippen LogP contribution in [0.1, 0.15) is 6.92 Å². The highest BCUT2D eigenvalue weighted by atomic mass is 16.5. The van der Waals surface area contributed by atoms with Gasteiger partial charge in [0.2, 0.25) is 0 Å². The van der Waals surface area contributed by atoms with Gasteiger partial charge < -0.3 is 4.74 Å². The number of rotatable bonds is 4. The Bertz CT molecular complexity index is 771. The van der Waals surface area contributed by atoms with Crippen molar-refractivity contribution in [1.82, 2.24) is 0 Å². The summed E-state index contributed by atoms with van der Waals surface area (Å²) >= 11 is 0. The molecular formula is C17H16N4O2. The second kappa shape index (κ2) is 6.39. The maximum Gasteiger partial charge on any atom is 0.280 e. The number of azo groups is 1. The predicted octanol–water partition coefficient (Wildman–Crippen LogP) is 3.57. The molecule has 2 aromatic rings. The third-order valence-electron chi connectivity index (χ3n) is 3.46. The van der Waals surface area contributed by atoms with Crippen LogP contribution in [-0.2, 0) is 4.79 Å². The Balaban J connectivity index is 1.83. The molecule has 1 amide bonds. The van der Waals surface area contributed by atoms with E-state index >= 15 is 0 Å². The van der Waals surface area contributed by atoms with E-state index in [1.165, 1.54) is 5.01 Å². The van der Waals surface area contributed by atoms with E-state index in [4.69, 9.17) is 4.74 Å². The Morgan fingerprint density at radius 1 is 1.09 bits per heavy atom. The van der Waals surface area contributed by atoms with Crippen molar-refractivity contribution in [1.29, 1.82) is 0 Å². The van der Waals surface area contributed by atoms with Crippen LogP contribution in [0.4, 0.5) is 11.4 Å². The quantitative estimate of drug-likeness (QED) is 0.810. The number of nitrogens with zero attached hydrogens (tertiary/aromatic N) is 4. The van der Waals surface area contributed by atoms with Gasteiger partial charge in [-0.05, 0) is 31.2 Å². The van der Waals surface area contributed by atoms with Crippen LogP contribution in [0.3, 0.4) is 0 Å². The number of amides is 1. The zero-order valence-corrected chi connectivity index (χ0v) is 12.9. The van der Waals surface area contributed by atoms with Gasteiger partial charge in [-0.2, -0.15) is 20.3 Å². The van der Waals surface area contributed by atoms with Crippen LogP contribution in [0.5, 0.6) is 5.75 Å². The second-order valence-corrected chi connectivity index (χ2v) is 5.02. The highest BCUT2D eigenvalue weighted by Crippen LogP contribution is 2.28. The van der Waals surface area contributed by atoms with Gasteiger partial charge in [0.15, 0.2) is 6.04 Å². The molecule has 0 saturated carbocycles. The first kappa shape index (κ1) is 14.9. The minimum Gasteiger partial charge on any atom is -0.494 e. The molecule has 6 nitrogen and oxygen atoms in total. The minimum atomic E-state index is -0.708. The van der Waals surface area contributed by atoms with Crippen molar-refractivity contribution in [2.45, 2.75) is 13.0 Å². The van der Waals surface area contributed by atoms with E-state index in [9.17, 15) is 4.79 Å². The number of hydrazone groups is 1. The van der Waals surface area contributed by atoms with E-state index in [2.05, 4.69) is 15.3 Å². The Morgan fingerprint density at radius 2 is 1.78 bits per heavy atom. The number of carbonyl (C=O) groups is 1. The molecule has 0 saturated heterocycles. The zero-order valence-electron chi connectivity index (χ0n) is 12.9. The van der Waals surface area contributed by atoms with Crippen LogP contribution in [0, 0.1) is 0 Å². The molecule has 0 fully saturated rings. The van der Waals surface area contributed by atoms with Crippen molar-refractivity contribution in [3.63, 3.8) is 0 Å². The highest BCUT2D eigenvalue weighted by Gasteiger charge is 2.34. The van der Waals surface area contributed by atoms with Crippen LogP contribution >= 0.6 is 0 Å². The molecular weight excluding hydrogens is 292 g/mol. The second-order valence-electron chi connectivity index (χ2n) is 5.02. The number of ether oxygens (including phenoxy) is 1. The molecule has 6 heteroatoms. The van der Waals surface area contributed by atoms with E-state index in [-0.39, 0.29) is 5.91 Å². The third-order valence-corrected chi connectivity index (χ3v) is 3.46. The van der Waals surface area contributed by atoms with Gasteiger partial charge in [0.25, 0.3) is 5.91 Å². The summed E-state index contributed by atoms with van der Waals surface area (Å²) in [5.74, 6) is 0.392. The molecule has 0 aliphatic carbocycles. The Hall–Kier alpha value is -3.02. The molecule has 0 radical (unpaired) electrons. The van der Waals surface area contributed by atoms with Crippen molar-refractivity contribution in [2.75, 3.05) is 12.1 Å². The van der Waals surface area contributed by atoms with Crippen molar-refractivity contribution in [3.05, 3.63) is 54.6 Å². The van der Waals surface area contributed by atoms with Gasteiger partial charge >= 0.3 is 0 Å². The van der Waals surface area contributed by atoms with E-state index in [0.717, 1.165) is 0 Å². The number of benzene rings is 2. The van der Waals surface area contributed by atoms with E-state index < -0.39 is 6.04 Å². The summed E-state index contributed by atoms with van der Waals surface area (Å²) < 4.78 is 5.23. The van der Waals surface area contributed by atoms with Gasteiger partial charge in [0.05, 0.1) is 18.5 Å². The third kappa shape index (κ3) is 2.96. The molecule has 0 N–H and O–H groups in total. The summed E-state index contributed by atoms with van der Waals surface area (Å²) in [5.41, 5.74) is 1.90. The van der Waals surface area contributed by atoms with Crippen LogP contribution < -0.4 is 9.75 Å². The van der Waals surface area contributed by atoms with Crippen molar-refractivity contribution in [2.24, 2.45) is 15.3 Å². The fourth-order valence-electron chi connectivity index (χ4n) is 2.28. The topological polar surface area (TPSA) is 66.6 Å². The number of hydrogen-bond acceptors (Lipinski definition) is 5. The van der Waals surface area contributed by atoms with Crippen molar-refractivity contribution < 1.29 is 9.53 Å². The number of methoxy groups -OCH3 is 1. The zero-order chi connectivity index (χ0) is 16.2. The first-order valence-corrected chi connectivity index (χ1v) is 7.18. The molecule has 0 spiro atoms. The average Bonchev–Trinajstić information content (AvgIpc) is 2.88. The van der Waals surface area contributed by atoms with Gasteiger partial charge in [-0.3, -0.25) is 4.79 Å². The summed E-state index contributed by atoms with van der Waals surface area (Å²) in [6.45, 7) is 1.77. The lowest BCUT2D eigenvalue weighted by atomic mass is 10.2. The largest absolute Gasteiger partial charge is 0.494 e. The Morgan fingerprint density at radius 3 is 2.52 bits per heavy atom. The van der Waals surface area contributed by atoms with Crippen LogP contribution in [0.15, 0.2) is 69.9 Å². The SMILES string of the molecule is COc1ccccc1N=N[C@H]1C(=O)N(c2ccccc2)N=C1C. The summed E-state index contributed by atoms with van der Waals surface area (Å²) in [4.78, 5) is 12.5. The molecule has 0 unspecified atom stereocenters. The molecule has 1 atom stereocenters. The van der Waals surface area contributed by atoms with Crippen LogP contribution in [0.25, 0.3) is 0 Å². The maximum atomic E-state index is 12.5. The monoisotopic (exact) mass is 308 g/mol. The number of para-hydroxylation sites is 2. The molecule has 0 bridgehead atoms. The van der Waals surface area contributed by atoms with E-state index in [0.29, 0.717) is 22.8 Å². The summed E-state index contributed by atoms with van der Waals surface area (Å²) in [7, 11) is 1.57. The van der Waals surface area contributed by atoms with Gasteiger partial charge in [0.1, 0.15) is 11.4 Å². The molecule has 2 aromatic carbocycles.